The minimum atomic E-state index is 0.590. The second kappa shape index (κ2) is 3.49. The number of pyridine rings is 1. The predicted octanol–water partition coefficient (Wildman–Crippen LogP) is 1.61. The highest BCUT2D eigenvalue weighted by molar-refractivity contribution is 7.12. The van der Waals surface area contributed by atoms with Crippen LogP contribution in [0.2, 0.25) is 0 Å². The lowest BCUT2D eigenvalue weighted by molar-refractivity contribution is 0.398. The molecule has 0 atom stereocenters. The third kappa shape index (κ3) is 1.65. The zero-order valence-corrected chi connectivity index (χ0v) is 7.78. The SMILES string of the molecule is COc1cc(-c2nncs2)ccn1. The van der Waals surface area contributed by atoms with Gasteiger partial charge in [0.05, 0.1) is 7.11 Å². The maximum Gasteiger partial charge on any atom is 0.213 e. The van der Waals surface area contributed by atoms with Crippen molar-refractivity contribution in [3.05, 3.63) is 23.8 Å². The van der Waals surface area contributed by atoms with Gasteiger partial charge >= 0.3 is 0 Å². The van der Waals surface area contributed by atoms with Crippen molar-refractivity contribution in [3.8, 4) is 16.5 Å². The van der Waals surface area contributed by atoms with E-state index in [1.165, 1.54) is 11.3 Å². The zero-order valence-electron chi connectivity index (χ0n) is 6.97. The van der Waals surface area contributed by atoms with E-state index in [0.29, 0.717) is 5.88 Å². The maximum absolute atomic E-state index is 5.00. The van der Waals surface area contributed by atoms with Gasteiger partial charge in [-0.05, 0) is 6.07 Å². The van der Waals surface area contributed by atoms with E-state index in [-0.39, 0.29) is 0 Å². The highest BCUT2D eigenvalue weighted by Gasteiger charge is 2.02. The molecule has 0 spiro atoms. The molecule has 2 aromatic rings. The van der Waals surface area contributed by atoms with E-state index < -0.39 is 0 Å². The summed E-state index contributed by atoms with van der Waals surface area (Å²) in [5, 5.41) is 8.58. The average Bonchev–Trinajstić information content (AvgIpc) is 2.71. The number of ether oxygens (including phenoxy) is 1. The summed E-state index contributed by atoms with van der Waals surface area (Å²) >= 11 is 1.49. The topological polar surface area (TPSA) is 47.9 Å². The molecule has 0 amide bonds. The predicted molar refractivity (Wildman–Crippen MR) is 49.7 cm³/mol. The summed E-state index contributed by atoms with van der Waals surface area (Å²) in [7, 11) is 1.59. The van der Waals surface area contributed by atoms with Crippen LogP contribution in [-0.4, -0.2) is 22.3 Å². The number of hydrogen-bond acceptors (Lipinski definition) is 5. The molecule has 0 radical (unpaired) electrons. The Kier molecular flexibility index (Phi) is 2.18. The molecule has 4 nitrogen and oxygen atoms in total. The zero-order chi connectivity index (χ0) is 9.10. The monoisotopic (exact) mass is 193 g/mol. The van der Waals surface area contributed by atoms with Crippen LogP contribution in [0.4, 0.5) is 0 Å². The Balaban J connectivity index is 2.41. The molecule has 5 heteroatoms. The van der Waals surface area contributed by atoms with Gasteiger partial charge in [0.25, 0.3) is 0 Å². The second-order valence-corrected chi connectivity index (χ2v) is 3.16. The van der Waals surface area contributed by atoms with Crippen molar-refractivity contribution in [2.45, 2.75) is 0 Å². The highest BCUT2D eigenvalue weighted by atomic mass is 32.1. The first-order chi connectivity index (χ1) is 6.40. The van der Waals surface area contributed by atoms with Crippen molar-refractivity contribution in [1.29, 1.82) is 0 Å². The van der Waals surface area contributed by atoms with Gasteiger partial charge in [0.2, 0.25) is 5.88 Å². The molecule has 2 heterocycles. The van der Waals surface area contributed by atoms with Crippen LogP contribution in [0.15, 0.2) is 23.8 Å². The van der Waals surface area contributed by atoms with E-state index in [0.717, 1.165) is 10.6 Å². The van der Waals surface area contributed by atoms with E-state index in [4.69, 9.17) is 4.74 Å². The molecule has 0 aliphatic carbocycles. The normalized spacial score (nSPS) is 9.92. The molecule has 0 N–H and O–H groups in total. The number of aromatic nitrogens is 3. The maximum atomic E-state index is 5.00. The number of hydrogen-bond donors (Lipinski definition) is 0. The summed E-state index contributed by atoms with van der Waals surface area (Å²) in [6, 6.07) is 3.71. The Morgan fingerprint density at radius 3 is 3.08 bits per heavy atom. The first kappa shape index (κ1) is 8.12. The average molecular weight is 193 g/mol. The van der Waals surface area contributed by atoms with Crippen LogP contribution in [0.5, 0.6) is 5.88 Å². The quantitative estimate of drug-likeness (QED) is 0.727. The molecule has 0 bridgehead atoms. The lowest BCUT2D eigenvalue weighted by Gasteiger charge is -1.98. The van der Waals surface area contributed by atoms with Gasteiger partial charge in [-0.3, -0.25) is 0 Å². The summed E-state index contributed by atoms with van der Waals surface area (Å²) in [5.74, 6) is 0.590. The summed E-state index contributed by atoms with van der Waals surface area (Å²) in [4.78, 5) is 4.00. The van der Waals surface area contributed by atoms with Crippen LogP contribution in [0.25, 0.3) is 10.6 Å². The molecule has 0 saturated heterocycles. The summed E-state index contributed by atoms with van der Waals surface area (Å²) < 4.78 is 5.00. The van der Waals surface area contributed by atoms with Crippen molar-refractivity contribution < 1.29 is 4.74 Å². The van der Waals surface area contributed by atoms with Gasteiger partial charge in [0, 0.05) is 17.8 Å². The van der Waals surface area contributed by atoms with Crippen molar-refractivity contribution in [3.63, 3.8) is 0 Å². The van der Waals surface area contributed by atoms with E-state index in [9.17, 15) is 0 Å². The molecule has 13 heavy (non-hydrogen) atoms. The molecule has 0 aliphatic heterocycles. The molecule has 0 fully saturated rings. The van der Waals surface area contributed by atoms with E-state index >= 15 is 0 Å². The Morgan fingerprint density at radius 1 is 1.46 bits per heavy atom. The van der Waals surface area contributed by atoms with E-state index in [1.807, 2.05) is 12.1 Å². The molecule has 0 unspecified atom stereocenters. The third-order valence-electron chi connectivity index (χ3n) is 1.55. The minimum Gasteiger partial charge on any atom is -0.481 e. The summed E-state index contributed by atoms with van der Waals surface area (Å²) in [6.45, 7) is 0. The third-order valence-corrected chi connectivity index (χ3v) is 2.29. The van der Waals surface area contributed by atoms with Crippen molar-refractivity contribution in [2.24, 2.45) is 0 Å². The largest absolute Gasteiger partial charge is 0.481 e. The van der Waals surface area contributed by atoms with Crippen LogP contribution in [0, 0.1) is 0 Å². The Bertz CT molecular complexity index is 388. The first-order valence-corrected chi connectivity index (χ1v) is 4.54. The fourth-order valence-electron chi connectivity index (χ4n) is 0.953. The van der Waals surface area contributed by atoms with Gasteiger partial charge in [0.15, 0.2) is 0 Å². The van der Waals surface area contributed by atoms with Gasteiger partial charge in [-0.25, -0.2) is 4.98 Å². The fraction of sp³-hybridized carbons (Fsp3) is 0.125. The van der Waals surface area contributed by atoms with Gasteiger partial charge in [-0.15, -0.1) is 10.2 Å². The van der Waals surface area contributed by atoms with E-state index in [2.05, 4.69) is 15.2 Å². The molecular formula is C8H7N3OS. The van der Waals surface area contributed by atoms with Crippen LogP contribution in [0.1, 0.15) is 0 Å². The Morgan fingerprint density at radius 2 is 2.38 bits per heavy atom. The second-order valence-electron chi connectivity index (χ2n) is 2.33. The summed E-state index contributed by atoms with van der Waals surface area (Å²) in [5.41, 5.74) is 2.68. The number of nitrogens with zero attached hydrogens (tertiary/aromatic N) is 3. The van der Waals surface area contributed by atoms with Crippen LogP contribution in [0.3, 0.4) is 0 Å². The van der Waals surface area contributed by atoms with Gasteiger partial charge in [-0.1, -0.05) is 11.3 Å². The minimum absolute atomic E-state index is 0.590. The Hall–Kier alpha value is -1.49. The molecule has 2 rings (SSSR count). The standard InChI is InChI=1S/C8H7N3OS/c1-12-7-4-6(2-3-9-7)8-11-10-5-13-8/h2-5H,1H3. The van der Waals surface area contributed by atoms with Gasteiger partial charge in [-0.2, -0.15) is 0 Å². The first-order valence-electron chi connectivity index (χ1n) is 3.67. The van der Waals surface area contributed by atoms with Crippen molar-refractivity contribution >= 4 is 11.3 Å². The lowest BCUT2D eigenvalue weighted by atomic mass is 10.3. The Labute approximate surface area is 79.2 Å². The molecular weight excluding hydrogens is 186 g/mol. The van der Waals surface area contributed by atoms with Crippen LogP contribution >= 0.6 is 11.3 Å². The molecule has 0 aliphatic rings. The highest BCUT2D eigenvalue weighted by Crippen LogP contribution is 2.22. The molecule has 66 valence electrons. The van der Waals surface area contributed by atoms with E-state index in [1.54, 1.807) is 18.8 Å². The molecule has 0 saturated carbocycles. The van der Waals surface area contributed by atoms with Gasteiger partial charge in [0.1, 0.15) is 10.5 Å². The van der Waals surface area contributed by atoms with Crippen LogP contribution in [-0.2, 0) is 0 Å². The molecule has 2 aromatic heterocycles. The smallest absolute Gasteiger partial charge is 0.213 e. The van der Waals surface area contributed by atoms with Gasteiger partial charge < -0.3 is 4.74 Å². The summed E-state index contributed by atoms with van der Waals surface area (Å²) in [6.07, 6.45) is 1.69. The van der Waals surface area contributed by atoms with Crippen molar-refractivity contribution in [2.75, 3.05) is 7.11 Å². The molecule has 0 aromatic carbocycles. The number of methoxy groups -OCH3 is 1. The fourth-order valence-corrected chi connectivity index (χ4v) is 1.50. The van der Waals surface area contributed by atoms with Crippen LogP contribution < -0.4 is 4.74 Å². The number of rotatable bonds is 2. The lowest BCUT2D eigenvalue weighted by Crippen LogP contribution is -1.87. The van der Waals surface area contributed by atoms with Crippen molar-refractivity contribution in [1.82, 2.24) is 15.2 Å².